The van der Waals surface area contributed by atoms with Crippen molar-refractivity contribution in [1.29, 1.82) is 0 Å². The van der Waals surface area contributed by atoms with Crippen LogP contribution >= 0.6 is 0 Å². The van der Waals surface area contributed by atoms with Crippen LogP contribution in [0.5, 0.6) is 0 Å². The molecule has 45 heavy (non-hydrogen) atoms. The summed E-state index contributed by atoms with van der Waals surface area (Å²) in [6.45, 7) is 5.23. The number of aliphatic carboxylic acids is 3. The normalized spacial score (nSPS) is 18.0. The van der Waals surface area contributed by atoms with Gasteiger partial charge in [-0.2, -0.15) is 0 Å². The molecule has 1 unspecified atom stereocenters. The summed E-state index contributed by atoms with van der Waals surface area (Å²) in [5.41, 5.74) is 0. The van der Waals surface area contributed by atoms with Crippen LogP contribution in [0.15, 0.2) is 0 Å². The van der Waals surface area contributed by atoms with E-state index in [1.807, 2.05) is 0 Å². The molecule has 1 atom stereocenters. The monoisotopic (exact) mass is 809 g/mol. The number of unbranched alkanes of at least 4 members (excludes halogenated alkanes) is 8. The van der Waals surface area contributed by atoms with E-state index >= 15 is 0 Å². The van der Waals surface area contributed by atoms with Crippen LogP contribution in [0.3, 0.4) is 0 Å². The van der Waals surface area contributed by atoms with E-state index in [-0.39, 0.29) is 26.2 Å². The van der Waals surface area contributed by atoms with Crippen molar-refractivity contribution in [1.82, 2.24) is 20.1 Å². The van der Waals surface area contributed by atoms with Crippen LogP contribution in [0.2, 0.25) is 2.20 Å². The van der Waals surface area contributed by atoms with Gasteiger partial charge in [0, 0.05) is 0 Å². The van der Waals surface area contributed by atoms with Gasteiger partial charge in [-0.3, -0.25) is 0 Å². The molecule has 0 spiro atoms. The van der Waals surface area contributed by atoms with Crippen LogP contribution < -0.4 is 0 Å². The van der Waals surface area contributed by atoms with Crippen LogP contribution in [-0.4, -0.2) is 164 Å². The molecular weight excluding hydrogens is 752 g/mol. The second-order valence-corrected chi connectivity index (χ2v) is 16.8. The Morgan fingerprint density at radius 1 is 0.689 bits per heavy atom. The predicted octanol–water partition coefficient (Wildman–Crippen LogP) is 1.03. The van der Waals surface area contributed by atoms with Crippen molar-refractivity contribution >= 4 is 27.9 Å². The predicted molar refractivity (Wildman–Crippen MR) is 168 cm³/mol. The zero-order valence-corrected chi connectivity index (χ0v) is 30.3. The Labute approximate surface area is 290 Å². The van der Waals surface area contributed by atoms with Gasteiger partial charge in [0.25, 0.3) is 0 Å². The van der Waals surface area contributed by atoms with Crippen molar-refractivity contribution < 1.29 is 79.5 Å². The molecule has 0 amide bonds. The zero-order valence-electron chi connectivity index (χ0n) is 27.2. The Balaban J connectivity index is 2.76. The molecule has 4 N–H and O–H groups in total. The molecule has 0 aliphatic carbocycles. The zero-order chi connectivity index (χ0) is 33.7. The second-order valence-electron chi connectivity index (χ2n) is 11.8. The first-order valence-corrected chi connectivity index (χ1v) is 20.5. The van der Waals surface area contributed by atoms with Gasteiger partial charge in [-0.25, -0.2) is 0 Å². The van der Waals surface area contributed by atoms with Crippen molar-refractivity contribution in [2.45, 2.75) is 73.0 Å². The molecule has 1 heterocycles. The first kappa shape index (κ1) is 42.5. The van der Waals surface area contributed by atoms with Gasteiger partial charge in [0.15, 0.2) is 0 Å². The fourth-order valence-electron chi connectivity index (χ4n) is 5.11. The summed E-state index contributed by atoms with van der Waals surface area (Å²) >= 11 is -1.09. The van der Waals surface area contributed by atoms with E-state index in [9.17, 15) is 43.2 Å². The van der Waals surface area contributed by atoms with Gasteiger partial charge in [-0.05, 0) is 0 Å². The molecule has 1 aliphatic heterocycles. The molecule has 0 saturated carbocycles. The van der Waals surface area contributed by atoms with Crippen molar-refractivity contribution in [3.63, 3.8) is 0 Å². The molecule has 1 aliphatic rings. The van der Waals surface area contributed by atoms with Crippen LogP contribution in [0.1, 0.15) is 64.7 Å². The molecule has 1 fully saturated rings. The Morgan fingerprint density at radius 2 is 1.07 bits per heavy atom. The number of nitrogens with zero attached hydrogens (tertiary/aromatic N) is 5. The molecular formula is C29H57GdN5O9S. The molecule has 0 aromatic rings. The minimum atomic E-state index is -3.48. The molecule has 0 radical (unpaired) electrons. The topological polar surface area (TPSA) is 182 Å². The third kappa shape index (κ3) is 22.6. The summed E-state index contributed by atoms with van der Waals surface area (Å²) in [6, 6.07) is 0. The van der Waals surface area contributed by atoms with Gasteiger partial charge in [0.1, 0.15) is 0 Å². The molecule has 0 aromatic carbocycles. The first-order valence-electron chi connectivity index (χ1n) is 16.1. The van der Waals surface area contributed by atoms with Crippen LogP contribution in [-0.2, 0) is 24.4 Å². The van der Waals surface area contributed by atoms with Crippen LogP contribution in [0.25, 0.3) is 0 Å². The molecule has 266 valence electrons. The van der Waals surface area contributed by atoms with Crippen molar-refractivity contribution in [3.8, 4) is 0 Å². The van der Waals surface area contributed by atoms with Gasteiger partial charge in [0.05, 0.1) is 0 Å². The van der Waals surface area contributed by atoms with E-state index in [1.165, 1.54) is 42.7 Å². The number of hydrogen-bond donors (Lipinski definition) is 4. The van der Waals surface area contributed by atoms with Crippen LogP contribution in [0, 0.1) is 36.3 Å². The average molecular weight is 809 g/mol. The van der Waals surface area contributed by atoms with Gasteiger partial charge in [-0.1, -0.05) is 19.8 Å². The maximum atomic E-state index is 12.5. The molecule has 0 bridgehead atoms. The third-order valence-electron chi connectivity index (χ3n) is 7.63. The van der Waals surface area contributed by atoms with Crippen molar-refractivity contribution in [2.75, 3.05) is 91.3 Å². The molecule has 1 saturated heterocycles. The Kier molecular flexibility index (Phi) is 23.2. The number of carbonyl (C=O) groups is 3. The van der Waals surface area contributed by atoms with Crippen molar-refractivity contribution in [2.24, 2.45) is 0 Å². The van der Waals surface area contributed by atoms with Gasteiger partial charge < -0.3 is 0 Å². The van der Waals surface area contributed by atoms with E-state index in [4.69, 9.17) is 0 Å². The fraction of sp³-hybridized carbons (Fsp3) is 0.897. The standard InChI is InChI=1S/C15H32NO3S.C14H25N4O6.Gd/c1-4-5-6-7-8-9-10-11-12-13-16(14-15(2)17)20(3,18)19;19-12(20)9-16-3-1-15-2-4-17(10-13(21)22)6-8-18(7-5-16)11-14(23)24;/h15,17H,2,4-14H2,1,3H3;1-11H2,(H,19,20)(H,21,22)(H,23,24);/q;-1;+1. The number of carboxylic acid groups (broad SMARTS) is 3. The summed E-state index contributed by atoms with van der Waals surface area (Å²) < 4.78 is 28.9. The minimum absolute atomic E-state index is 0.0341. The summed E-state index contributed by atoms with van der Waals surface area (Å²) in [7, 11) is -3.48. The summed E-state index contributed by atoms with van der Waals surface area (Å²) in [5, 5.41) is 39.0. The van der Waals surface area contributed by atoms with Crippen molar-refractivity contribution in [3.05, 3.63) is 0 Å². The Morgan fingerprint density at radius 3 is 1.44 bits per heavy atom. The quantitative estimate of drug-likeness (QED) is 0.114. The average Bonchev–Trinajstić information content (AvgIpc) is 2.93. The first-order chi connectivity index (χ1) is 21.3. The van der Waals surface area contributed by atoms with E-state index in [0.717, 1.165) is 25.7 Å². The number of rotatable bonds is 22. The van der Waals surface area contributed by atoms with Gasteiger partial charge in [-0.15, -0.1) is 0 Å². The number of hydrogen-bond acceptors (Lipinski definition) is 10. The van der Waals surface area contributed by atoms with E-state index < -0.39 is 70.3 Å². The van der Waals surface area contributed by atoms with Gasteiger partial charge >= 0.3 is 272 Å². The van der Waals surface area contributed by atoms with E-state index in [2.05, 4.69) is 8.02 Å². The number of aliphatic hydroxyl groups is 1. The van der Waals surface area contributed by atoms with Gasteiger partial charge in [0.2, 0.25) is 0 Å². The second kappa shape index (κ2) is 24.6. The SMILES string of the molecule is CCCCCCCCCCCN(CC(O)[CH2][Gd][N]1CCN(CC(=O)O)CCN(CC(=O)O)CCN(CC(=O)O)CC1)S(C)(=O)=O. The van der Waals surface area contributed by atoms with E-state index in [1.54, 1.807) is 14.7 Å². The maximum absolute atomic E-state index is 12.5. The molecule has 1 rings (SSSR count). The third-order valence-corrected chi connectivity index (χ3v) is 12.4. The molecule has 0 aromatic heterocycles. The Hall–Kier alpha value is -0.555. The number of carboxylic acids is 3. The number of aliphatic hydroxyl groups excluding tert-OH is 1. The summed E-state index contributed by atoms with van der Waals surface area (Å²) in [6.07, 6.45) is 10.5. The number of sulfonamides is 1. The fourth-order valence-corrected chi connectivity index (χ4v) is 8.54. The Bertz CT molecular complexity index is 930. The molecule has 16 heteroatoms. The summed E-state index contributed by atoms with van der Waals surface area (Å²) in [5.74, 6) is -2.96. The van der Waals surface area contributed by atoms with Crippen LogP contribution in [0.4, 0.5) is 0 Å². The summed E-state index contributed by atoms with van der Waals surface area (Å²) in [4.78, 5) is 39.6. The van der Waals surface area contributed by atoms with E-state index in [0.29, 0.717) is 61.1 Å². The molecule has 14 nitrogen and oxygen atoms in total.